The maximum absolute atomic E-state index is 3.66. The minimum Gasteiger partial charge on any atom is -0.312 e. The Morgan fingerprint density at radius 3 is 2.64 bits per heavy atom. The second-order valence-corrected chi connectivity index (χ2v) is 4.09. The molecule has 0 aromatic heterocycles. The summed E-state index contributed by atoms with van der Waals surface area (Å²) in [7, 11) is 0. The van der Waals surface area contributed by atoms with Crippen molar-refractivity contribution in [3.8, 4) is 0 Å². The largest absolute Gasteiger partial charge is 0.312 e. The van der Waals surface area contributed by atoms with Gasteiger partial charge in [-0.15, -0.1) is 0 Å². The molecular formula is C10H21N. The molecule has 0 bridgehead atoms. The lowest BCUT2D eigenvalue weighted by Crippen LogP contribution is -2.34. The smallest absolute Gasteiger partial charge is 0.00694 e. The molecule has 1 aliphatic rings. The molecule has 0 radical (unpaired) electrons. The summed E-state index contributed by atoms with van der Waals surface area (Å²) in [5.41, 5.74) is 0. The van der Waals surface area contributed by atoms with Crippen LogP contribution in [0, 0.1) is 5.92 Å². The van der Waals surface area contributed by atoms with Crippen molar-refractivity contribution in [1.29, 1.82) is 0 Å². The van der Waals surface area contributed by atoms with E-state index in [2.05, 4.69) is 26.1 Å². The molecule has 0 amide bonds. The summed E-state index contributed by atoms with van der Waals surface area (Å²) in [5, 5.41) is 3.66. The summed E-state index contributed by atoms with van der Waals surface area (Å²) in [4.78, 5) is 0. The molecule has 1 nitrogen and oxygen atoms in total. The van der Waals surface area contributed by atoms with Crippen molar-refractivity contribution in [2.45, 2.75) is 58.5 Å². The van der Waals surface area contributed by atoms with Gasteiger partial charge in [-0.25, -0.2) is 0 Å². The molecule has 0 aromatic carbocycles. The summed E-state index contributed by atoms with van der Waals surface area (Å²) < 4.78 is 0. The van der Waals surface area contributed by atoms with E-state index in [-0.39, 0.29) is 0 Å². The van der Waals surface area contributed by atoms with Gasteiger partial charge in [0.15, 0.2) is 0 Å². The number of hydrogen-bond acceptors (Lipinski definition) is 1. The number of nitrogens with one attached hydrogen (secondary N) is 1. The van der Waals surface area contributed by atoms with Gasteiger partial charge in [0, 0.05) is 12.1 Å². The van der Waals surface area contributed by atoms with Crippen LogP contribution >= 0.6 is 0 Å². The predicted octanol–water partition coefficient (Wildman–Crippen LogP) is 2.56. The first-order chi connectivity index (χ1) is 5.22. The van der Waals surface area contributed by atoms with Crippen LogP contribution in [0.5, 0.6) is 0 Å². The van der Waals surface area contributed by atoms with E-state index in [1.807, 2.05) is 0 Å². The van der Waals surface area contributed by atoms with Gasteiger partial charge < -0.3 is 5.32 Å². The van der Waals surface area contributed by atoms with E-state index in [4.69, 9.17) is 0 Å². The van der Waals surface area contributed by atoms with Crippen LogP contribution in [-0.2, 0) is 0 Å². The van der Waals surface area contributed by atoms with Crippen LogP contribution < -0.4 is 5.32 Å². The van der Waals surface area contributed by atoms with E-state index in [9.17, 15) is 0 Å². The van der Waals surface area contributed by atoms with Crippen molar-refractivity contribution >= 4 is 0 Å². The fraction of sp³-hybridized carbons (Fsp3) is 1.00. The van der Waals surface area contributed by atoms with Crippen LogP contribution in [0.15, 0.2) is 0 Å². The molecule has 1 heterocycles. The van der Waals surface area contributed by atoms with Gasteiger partial charge in [-0.1, -0.05) is 13.8 Å². The molecule has 1 heteroatoms. The van der Waals surface area contributed by atoms with Crippen LogP contribution in [0.1, 0.15) is 46.5 Å². The van der Waals surface area contributed by atoms with Crippen LogP contribution in [-0.4, -0.2) is 12.1 Å². The second-order valence-electron chi connectivity index (χ2n) is 4.09. The van der Waals surface area contributed by atoms with E-state index >= 15 is 0 Å². The highest BCUT2D eigenvalue weighted by Gasteiger charge is 2.18. The molecular weight excluding hydrogens is 134 g/mol. The van der Waals surface area contributed by atoms with Crippen molar-refractivity contribution in [2.24, 2.45) is 5.92 Å². The highest BCUT2D eigenvalue weighted by atomic mass is 14.9. The maximum Gasteiger partial charge on any atom is 0.00694 e. The second kappa shape index (κ2) is 4.10. The molecule has 0 aliphatic carbocycles. The molecule has 11 heavy (non-hydrogen) atoms. The normalized spacial score (nSPS) is 40.1. The van der Waals surface area contributed by atoms with Crippen molar-refractivity contribution in [1.82, 2.24) is 5.32 Å². The average Bonchev–Trinajstić information content (AvgIpc) is 2.13. The third kappa shape index (κ3) is 2.82. The van der Waals surface area contributed by atoms with Gasteiger partial charge in [-0.05, 0) is 38.5 Å². The Labute approximate surface area is 70.6 Å². The molecule has 1 aliphatic heterocycles. The molecule has 3 atom stereocenters. The van der Waals surface area contributed by atoms with Crippen molar-refractivity contribution < 1.29 is 0 Å². The quantitative estimate of drug-likeness (QED) is 0.613. The molecule has 0 spiro atoms. The van der Waals surface area contributed by atoms with E-state index in [0.717, 1.165) is 18.0 Å². The minimum atomic E-state index is 0.741. The average molecular weight is 155 g/mol. The van der Waals surface area contributed by atoms with E-state index in [1.165, 1.54) is 25.7 Å². The summed E-state index contributed by atoms with van der Waals surface area (Å²) in [5.74, 6) is 0.928. The SMILES string of the molecule is CCC1CC(C)CCC(C)N1. The Bertz CT molecular complexity index is 99.4. The minimum absolute atomic E-state index is 0.741. The molecule has 1 fully saturated rings. The first-order valence-corrected chi connectivity index (χ1v) is 4.98. The number of hydrogen-bond donors (Lipinski definition) is 1. The summed E-state index contributed by atoms with van der Waals surface area (Å²) >= 11 is 0. The summed E-state index contributed by atoms with van der Waals surface area (Å²) in [6, 6.07) is 1.52. The van der Waals surface area contributed by atoms with Crippen molar-refractivity contribution in [3.63, 3.8) is 0 Å². The Morgan fingerprint density at radius 2 is 2.00 bits per heavy atom. The Morgan fingerprint density at radius 1 is 1.27 bits per heavy atom. The summed E-state index contributed by atoms with van der Waals surface area (Å²) in [6.45, 7) is 6.96. The molecule has 1 rings (SSSR count). The first kappa shape index (κ1) is 9.05. The zero-order valence-electron chi connectivity index (χ0n) is 8.06. The van der Waals surface area contributed by atoms with E-state index < -0.39 is 0 Å². The zero-order chi connectivity index (χ0) is 8.27. The maximum atomic E-state index is 3.66. The fourth-order valence-electron chi connectivity index (χ4n) is 1.98. The molecule has 66 valence electrons. The monoisotopic (exact) mass is 155 g/mol. The molecule has 0 aromatic rings. The van der Waals surface area contributed by atoms with Crippen LogP contribution in [0.4, 0.5) is 0 Å². The molecule has 1 saturated heterocycles. The van der Waals surface area contributed by atoms with Gasteiger partial charge in [0.05, 0.1) is 0 Å². The van der Waals surface area contributed by atoms with Crippen LogP contribution in [0.3, 0.4) is 0 Å². The molecule has 1 N–H and O–H groups in total. The fourth-order valence-corrected chi connectivity index (χ4v) is 1.98. The topological polar surface area (TPSA) is 12.0 Å². The van der Waals surface area contributed by atoms with Crippen LogP contribution in [0.2, 0.25) is 0 Å². The third-order valence-corrected chi connectivity index (χ3v) is 2.79. The molecule has 3 unspecified atom stereocenters. The lowest BCUT2D eigenvalue weighted by Gasteiger charge is -2.18. The van der Waals surface area contributed by atoms with Gasteiger partial charge in [0.2, 0.25) is 0 Å². The van der Waals surface area contributed by atoms with Crippen molar-refractivity contribution in [2.75, 3.05) is 0 Å². The molecule has 0 saturated carbocycles. The standard InChI is InChI=1S/C10H21N/c1-4-10-7-8(2)5-6-9(3)11-10/h8-11H,4-7H2,1-3H3. The zero-order valence-corrected chi connectivity index (χ0v) is 8.06. The summed E-state index contributed by atoms with van der Waals surface area (Å²) in [6.07, 6.45) is 5.43. The first-order valence-electron chi connectivity index (χ1n) is 4.98. The highest BCUT2D eigenvalue weighted by Crippen LogP contribution is 2.20. The lowest BCUT2D eigenvalue weighted by atomic mass is 9.98. The van der Waals surface area contributed by atoms with Crippen molar-refractivity contribution in [3.05, 3.63) is 0 Å². The van der Waals surface area contributed by atoms with Crippen LogP contribution in [0.25, 0.3) is 0 Å². The Kier molecular flexibility index (Phi) is 3.38. The van der Waals surface area contributed by atoms with Gasteiger partial charge in [-0.3, -0.25) is 0 Å². The third-order valence-electron chi connectivity index (χ3n) is 2.79. The predicted molar refractivity (Wildman–Crippen MR) is 49.7 cm³/mol. The highest BCUT2D eigenvalue weighted by molar-refractivity contribution is 4.77. The Hall–Kier alpha value is -0.0400. The van der Waals surface area contributed by atoms with Gasteiger partial charge in [0.25, 0.3) is 0 Å². The van der Waals surface area contributed by atoms with Gasteiger partial charge in [-0.2, -0.15) is 0 Å². The lowest BCUT2D eigenvalue weighted by molar-refractivity contribution is 0.414. The van der Waals surface area contributed by atoms with Gasteiger partial charge >= 0.3 is 0 Å². The Balaban J connectivity index is 2.41. The van der Waals surface area contributed by atoms with E-state index in [0.29, 0.717) is 0 Å². The van der Waals surface area contributed by atoms with E-state index in [1.54, 1.807) is 0 Å². The number of rotatable bonds is 1. The van der Waals surface area contributed by atoms with Gasteiger partial charge in [0.1, 0.15) is 0 Å².